The van der Waals surface area contributed by atoms with Crippen LogP contribution in [0, 0.1) is 0 Å². The van der Waals surface area contributed by atoms with Gasteiger partial charge in [0.15, 0.2) is 0 Å². The van der Waals surface area contributed by atoms with E-state index in [1.54, 1.807) is 0 Å². The van der Waals surface area contributed by atoms with Gasteiger partial charge in [0.1, 0.15) is 12.3 Å². The number of hydrogen-bond donors (Lipinski definition) is 2. The first kappa shape index (κ1) is 15.4. The Balaban J connectivity index is 1.92. The number of ether oxygens (including phenoxy) is 1. The molecule has 1 amide bonds. The number of amides is 1. The fourth-order valence-corrected chi connectivity index (χ4v) is 1.95. The second kappa shape index (κ2) is 6.17. The smallest absolute Gasteiger partial charge is 0.433 e. The maximum atomic E-state index is 12.5. The molecule has 9 heteroatoms. The van der Waals surface area contributed by atoms with E-state index in [1.807, 2.05) is 0 Å². The van der Waals surface area contributed by atoms with Gasteiger partial charge in [0.25, 0.3) is 0 Å². The Labute approximate surface area is 118 Å². The lowest BCUT2D eigenvalue weighted by Gasteiger charge is -2.31. The number of nitrogens with zero attached hydrogens (tertiary/aromatic N) is 2. The van der Waals surface area contributed by atoms with Crippen LogP contribution in [-0.2, 0) is 6.18 Å². The number of halogens is 3. The Kier molecular flexibility index (Phi) is 4.51. The average molecular weight is 305 g/mol. The van der Waals surface area contributed by atoms with Gasteiger partial charge in [0, 0.05) is 25.7 Å². The number of hydrogen-bond acceptors (Lipinski definition) is 4. The highest BCUT2D eigenvalue weighted by Crippen LogP contribution is 2.28. The summed E-state index contributed by atoms with van der Waals surface area (Å²) in [6.45, 7) is 1.09. The largest absolute Gasteiger partial charge is 0.476 e. The molecule has 0 aliphatic carbocycles. The van der Waals surface area contributed by atoms with Gasteiger partial charge >= 0.3 is 12.3 Å². The zero-order chi connectivity index (χ0) is 15.5. The van der Waals surface area contributed by atoms with E-state index in [0.717, 1.165) is 6.07 Å². The summed E-state index contributed by atoms with van der Waals surface area (Å²) in [5.41, 5.74) is -1.02. The molecule has 0 bridgehead atoms. The predicted octanol–water partition coefficient (Wildman–Crippen LogP) is 1.43. The third-order valence-electron chi connectivity index (χ3n) is 2.97. The second-order valence-electron chi connectivity index (χ2n) is 4.55. The van der Waals surface area contributed by atoms with E-state index in [-0.39, 0.29) is 25.1 Å². The van der Waals surface area contributed by atoms with Crippen LogP contribution in [0.4, 0.5) is 18.0 Å². The lowest BCUT2D eigenvalue weighted by atomic mass is 10.2. The van der Waals surface area contributed by atoms with Gasteiger partial charge in [-0.25, -0.2) is 9.78 Å². The lowest BCUT2D eigenvalue weighted by molar-refractivity contribution is -0.141. The molecule has 1 atom stereocenters. The van der Waals surface area contributed by atoms with Crippen molar-refractivity contribution in [2.45, 2.75) is 12.2 Å². The average Bonchev–Trinajstić information content (AvgIpc) is 2.45. The van der Waals surface area contributed by atoms with E-state index in [0.29, 0.717) is 13.1 Å². The molecule has 0 unspecified atom stereocenters. The normalized spacial score (nSPS) is 19.4. The summed E-state index contributed by atoms with van der Waals surface area (Å²) in [7, 11) is 0. The number of alkyl halides is 3. The van der Waals surface area contributed by atoms with Crippen LogP contribution in [0.15, 0.2) is 18.2 Å². The highest BCUT2D eigenvalue weighted by Gasteiger charge is 2.32. The first-order chi connectivity index (χ1) is 9.86. The molecule has 2 rings (SSSR count). The first-order valence-electron chi connectivity index (χ1n) is 6.24. The molecule has 6 nitrogen and oxygen atoms in total. The highest BCUT2D eigenvalue weighted by atomic mass is 19.4. The Hall–Kier alpha value is -2.03. The summed E-state index contributed by atoms with van der Waals surface area (Å²) < 4.78 is 42.7. The van der Waals surface area contributed by atoms with Crippen molar-refractivity contribution in [2.24, 2.45) is 0 Å². The SMILES string of the molecule is O=C(O)N1CCN[C@H](COc2cccc(C(F)(F)F)n2)C1. The van der Waals surface area contributed by atoms with E-state index in [9.17, 15) is 18.0 Å². The molecule has 1 fully saturated rings. The summed E-state index contributed by atoms with van der Waals surface area (Å²) in [6.07, 6.45) is -5.55. The predicted molar refractivity (Wildman–Crippen MR) is 66.1 cm³/mol. The number of piperazine rings is 1. The van der Waals surface area contributed by atoms with Crippen LogP contribution in [0.1, 0.15) is 5.69 Å². The number of nitrogens with one attached hydrogen (secondary N) is 1. The molecule has 0 saturated carbocycles. The van der Waals surface area contributed by atoms with Gasteiger partial charge in [0.2, 0.25) is 5.88 Å². The molecule has 1 saturated heterocycles. The van der Waals surface area contributed by atoms with Crippen molar-refractivity contribution in [3.05, 3.63) is 23.9 Å². The van der Waals surface area contributed by atoms with Gasteiger partial charge in [-0.1, -0.05) is 6.07 Å². The Morgan fingerprint density at radius 1 is 1.52 bits per heavy atom. The number of pyridine rings is 1. The fourth-order valence-electron chi connectivity index (χ4n) is 1.95. The molecule has 1 aliphatic rings. The van der Waals surface area contributed by atoms with E-state index in [1.165, 1.54) is 17.0 Å². The molecular weight excluding hydrogens is 291 g/mol. The van der Waals surface area contributed by atoms with Crippen LogP contribution in [0.5, 0.6) is 5.88 Å². The fraction of sp³-hybridized carbons (Fsp3) is 0.500. The van der Waals surface area contributed by atoms with E-state index in [4.69, 9.17) is 9.84 Å². The molecule has 0 radical (unpaired) electrons. The first-order valence-corrected chi connectivity index (χ1v) is 6.24. The minimum absolute atomic E-state index is 0.0398. The van der Waals surface area contributed by atoms with Crippen molar-refractivity contribution >= 4 is 6.09 Å². The second-order valence-corrected chi connectivity index (χ2v) is 4.55. The third-order valence-corrected chi connectivity index (χ3v) is 2.97. The summed E-state index contributed by atoms with van der Waals surface area (Å²) in [5, 5.41) is 11.9. The number of carbonyl (C=O) groups is 1. The number of rotatable bonds is 3. The number of aromatic nitrogens is 1. The lowest BCUT2D eigenvalue weighted by Crippen LogP contribution is -2.54. The minimum atomic E-state index is -4.53. The highest BCUT2D eigenvalue weighted by molar-refractivity contribution is 5.65. The molecule has 0 spiro atoms. The van der Waals surface area contributed by atoms with Crippen molar-refractivity contribution < 1.29 is 27.8 Å². The van der Waals surface area contributed by atoms with Gasteiger partial charge in [-0.15, -0.1) is 0 Å². The van der Waals surface area contributed by atoms with Crippen LogP contribution >= 0.6 is 0 Å². The maximum absolute atomic E-state index is 12.5. The molecule has 1 aromatic rings. The zero-order valence-corrected chi connectivity index (χ0v) is 10.9. The number of carboxylic acid groups (broad SMARTS) is 1. The molecule has 1 aliphatic heterocycles. The van der Waals surface area contributed by atoms with E-state index < -0.39 is 18.0 Å². The molecule has 21 heavy (non-hydrogen) atoms. The van der Waals surface area contributed by atoms with Gasteiger partial charge in [-0.3, -0.25) is 0 Å². The third kappa shape index (κ3) is 4.22. The van der Waals surface area contributed by atoms with Gasteiger partial charge in [-0.05, 0) is 6.07 Å². The van der Waals surface area contributed by atoms with Gasteiger partial charge in [0.05, 0.1) is 6.04 Å². The van der Waals surface area contributed by atoms with Crippen LogP contribution in [-0.4, -0.2) is 53.4 Å². The molecule has 2 N–H and O–H groups in total. The van der Waals surface area contributed by atoms with Crippen molar-refractivity contribution in [1.29, 1.82) is 0 Å². The van der Waals surface area contributed by atoms with E-state index in [2.05, 4.69) is 10.3 Å². The zero-order valence-electron chi connectivity index (χ0n) is 10.9. The van der Waals surface area contributed by atoms with Crippen molar-refractivity contribution in [1.82, 2.24) is 15.2 Å². The van der Waals surface area contributed by atoms with Crippen molar-refractivity contribution in [2.75, 3.05) is 26.2 Å². The van der Waals surface area contributed by atoms with Gasteiger partial charge < -0.3 is 20.1 Å². The molecular formula is C12H14F3N3O3. The van der Waals surface area contributed by atoms with Crippen molar-refractivity contribution in [3.63, 3.8) is 0 Å². The summed E-state index contributed by atoms with van der Waals surface area (Å²) in [4.78, 5) is 15.5. The van der Waals surface area contributed by atoms with Crippen LogP contribution < -0.4 is 10.1 Å². The van der Waals surface area contributed by atoms with Crippen LogP contribution in [0.25, 0.3) is 0 Å². The Morgan fingerprint density at radius 3 is 2.95 bits per heavy atom. The van der Waals surface area contributed by atoms with E-state index >= 15 is 0 Å². The Bertz CT molecular complexity index is 510. The quantitative estimate of drug-likeness (QED) is 0.883. The minimum Gasteiger partial charge on any atom is -0.476 e. The molecule has 2 heterocycles. The summed E-state index contributed by atoms with van der Waals surface area (Å²) >= 11 is 0. The van der Waals surface area contributed by atoms with Crippen LogP contribution in [0.3, 0.4) is 0 Å². The standard InChI is InChI=1S/C12H14F3N3O3/c13-12(14,15)9-2-1-3-10(17-9)21-7-8-6-18(11(19)20)5-4-16-8/h1-3,8,16H,4-7H2,(H,19,20)/t8-/m0/s1. The summed E-state index contributed by atoms with van der Waals surface area (Å²) in [5.74, 6) is -0.140. The molecule has 1 aromatic heterocycles. The Morgan fingerprint density at radius 2 is 2.29 bits per heavy atom. The monoisotopic (exact) mass is 305 g/mol. The van der Waals surface area contributed by atoms with Crippen LogP contribution in [0.2, 0.25) is 0 Å². The molecule has 116 valence electrons. The van der Waals surface area contributed by atoms with Crippen molar-refractivity contribution in [3.8, 4) is 5.88 Å². The molecule has 0 aromatic carbocycles. The summed E-state index contributed by atoms with van der Waals surface area (Å²) in [6, 6.07) is 3.11. The maximum Gasteiger partial charge on any atom is 0.433 e. The van der Waals surface area contributed by atoms with Gasteiger partial charge in [-0.2, -0.15) is 13.2 Å². The topological polar surface area (TPSA) is 74.7 Å².